The van der Waals surface area contributed by atoms with Gasteiger partial charge in [0.2, 0.25) is 0 Å². The van der Waals surface area contributed by atoms with E-state index in [4.69, 9.17) is 9.47 Å². The van der Waals surface area contributed by atoms with Gasteiger partial charge in [-0.05, 0) is 49.7 Å². The molecule has 41 heavy (non-hydrogen) atoms. The highest BCUT2D eigenvalue weighted by Gasteiger charge is 2.21. The van der Waals surface area contributed by atoms with Crippen molar-refractivity contribution < 1.29 is 24.2 Å². The lowest BCUT2D eigenvalue weighted by atomic mass is 10.0. The van der Waals surface area contributed by atoms with Crippen molar-refractivity contribution in [3.8, 4) is 28.0 Å². The van der Waals surface area contributed by atoms with Crippen LogP contribution in [0.5, 0.6) is 5.75 Å². The van der Waals surface area contributed by atoms with Gasteiger partial charge < -0.3 is 24.5 Å². The Kier molecular flexibility index (Phi) is 8.10. The first kappa shape index (κ1) is 27.2. The monoisotopic (exact) mass is 547 g/mol. The van der Waals surface area contributed by atoms with E-state index in [-0.39, 0.29) is 11.7 Å². The molecule has 3 heterocycles. The maximum Gasteiger partial charge on any atom is 0.355 e. The Hall–Kier alpha value is -5.37. The van der Waals surface area contributed by atoms with Gasteiger partial charge in [-0.15, -0.1) is 0 Å². The van der Waals surface area contributed by atoms with Gasteiger partial charge in [0.05, 0.1) is 13.2 Å². The van der Waals surface area contributed by atoms with E-state index in [0.29, 0.717) is 24.6 Å². The quantitative estimate of drug-likeness (QED) is 0.191. The highest BCUT2D eigenvalue weighted by atomic mass is 16.5. The van der Waals surface area contributed by atoms with Crippen molar-refractivity contribution in [3.05, 3.63) is 109 Å². The zero-order chi connectivity index (χ0) is 28.8. The van der Waals surface area contributed by atoms with Crippen LogP contribution < -0.4 is 0 Å². The summed E-state index contributed by atoms with van der Waals surface area (Å²) < 4.78 is 10.2. The van der Waals surface area contributed by atoms with E-state index in [0.717, 1.165) is 44.1 Å². The second-order valence-corrected chi connectivity index (χ2v) is 9.07. The predicted molar refractivity (Wildman–Crippen MR) is 159 cm³/mol. The number of phenolic OH excluding ortho intramolecular Hbond substituents is 1. The molecular formula is C33H29N3O5. The van der Waals surface area contributed by atoms with Crippen molar-refractivity contribution in [1.29, 1.82) is 0 Å². The lowest BCUT2D eigenvalue weighted by molar-refractivity contribution is 0.0512. The largest absolute Gasteiger partial charge is 0.508 e. The molecule has 3 N–H and O–H groups in total. The summed E-state index contributed by atoms with van der Waals surface area (Å²) in [4.78, 5) is 34.7. The van der Waals surface area contributed by atoms with E-state index in [1.54, 1.807) is 44.4 Å². The number of esters is 2. The van der Waals surface area contributed by atoms with Gasteiger partial charge in [-0.2, -0.15) is 0 Å². The first-order valence-electron chi connectivity index (χ1n) is 13.3. The number of nitrogens with zero attached hydrogens (tertiary/aromatic N) is 1. The van der Waals surface area contributed by atoms with E-state index < -0.39 is 5.97 Å². The molecule has 0 atom stereocenters. The Balaban J connectivity index is 0.000000165. The fraction of sp³-hybridized carbons (Fsp3) is 0.121. The molecule has 0 saturated carbocycles. The van der Waals surface area contributed by atoms with Crippen LogP contribution in [0.1, 0.15) is 34.8 Å². The van der Waals surface area contributed by atoms with Crippen molar-refractivity contribution >= 4 is 33.7 Å². The molecule has 0 saturated heterocycles. The topological polar surface area (TPSA) is 117 Å². The Morgan fingerprint density at radius 3 is 1.93 bits per heavy atom. The molecule has 8 heteroatoms. The Bertz CT molecular complexity index is 1810. The fourth-order valence-electron chi connectivity index (χ4n) is 4.75. The number of rotatable bonds is 6. The molecule has 0 fully saturated rings. The number of pyridine rings is 1. The standard InChI is InChI=1S/C17H15NO3.C16H14N2O2/c1-2-21-17(20)16-15(11-6-4-3-5-7-11)13-10-12(19)8-9-14(13)18-16;1-2-20-16(19)15-14(11-6-5-9-17-10-11)12-7-3-4-8-13(12)18-15/h3-10,18-19H,2H2,1H3;3-10,18H,2H2,1H3. The van der Waals surface area contributed by atoms with Crippen LogP contribution >= 0.6 is 0 Å². The molecule has 3 aromatic heterocycles. The Labute approximate surface area is 236 Å². The third-order valence-corrected chi connectivity index (χ3v) is 6.46. The minimum Gasteiger partial charge on any atom is -0.508 e. The van der Waals surface area contributed by atoms with E-state index in [1.165, 1.54) is 0 Å². The molecular weight excluding hydrogens is 518 g/mol. The molecule has 0 unspecified atom stereocenters. The van der Waals surface area contributed by atoms with E-state index in [2.05, 4.69) is 15.0 Å². The van der Waals surface area contributed by atoms with Crippen LogP contribution in [0.25, 0.3) is 44.1 Å². The van der Waals surface area contributed by atoms with Gasteiger partial charge in [0.1, 0.15) is 17.1 Å². The molecule has 0 amide bonds. The molecule has 0 aliphatic rings. The van der Waals surface area contributed by atoms with E-state index >= 15 is 0 Å². The number of phenols is 1. The van der Waals surface area contributed by atoms with Crippen LogP contribution in [0.4, 0.5) is 0 Å². The molecule has 0 radical (unpaired) electrons. The number of nitrogens with one attached hydrogen (secondary N) is 2. The van der Waals surface area contributed by atoms with Gasteiger partial charge in [0.25, 0.3) is 0 Å². The summed E-state index contributed by atoms with van der Waals surface area (Å²) in [6.45, 7) is 4.23. The molecule has 0 aliphatic heterocycles. The molecule has 6 aromatic rings. The van der Waals surface area contributed by atoms with Gasteiger partial charge in [-0.3, -0.25) is 4.98 Å². The van der Waals surface area contributed by atoms with Crippen LogP contribution in [0, 0.1) is 0 Å². The summed E-state index contributed by atoms with van der Waals surface area (Å²) in [6.07, 6.45) is 3.46. The maximum absolute atomic E-state index is 12.2. The number of benzene rings is 3. The number of carbonyl (C=O) groups is 2. The molecule has 6 rings (SSSR count). The SMILES string of the molecule is CCOC(=O)c1[nH]c2ccc(O)cc2c1-c1ccccc1.CCOC(=O)c1[nH]c2ccccc2c1-c1cccnc1. The Morgan fingerprint density at radius 2 is 1.29 bits per heavy atom. The number of H-pyrrole nitrogens is 2. The molecule has 206 valence electrons. The van der Waals surface area contributed by atoms with Crippen molar-refractivity contribution in [1.82, 2.24) is 15.0 Å². The first-order valence-corrected chi connectivity index (χ1v) is 13.3. The zero-order valence-corrected chi connectivity index (χ0v) is 22.7. The highest BCUT2D eigenvalue weighted by molar-refractivity contribution is 6.09. The van der Waals surface area contributed by atoms with Gasteiger partial charge in [0.15, 0.2) is 0 Å². The van der Waals surface area contributed by atoms with E-state index in [1.807, 2.05) is 66.7 Å². The van der Waals surface area contributed by atoms with Crippen LogP contribution in [0.15, 0.2) is 97.3 Å². The van der Waals surface area contributed by atoms with Crippen LogP contribution in [-0.4, -0.2) is 45.2 Å². The minimum absolute atomic E-state index is 0.161. The lowest BCUT2D eigenvalue weighted by Gasteiger charge is -2.05. The zero-order valence-electron chi connectivity index (χ0n) is 22.7. The maximum atomic E-state index is 12.2. The summed E-state index contributed by atoms with van der Waals surface area (Å²) in [7, 11) is 0. The fourth-order valence-corrected chi connectivity index (χ4v) is 4.75. The smallest absolute Gasteiger partial charge is 0.355 e. The number of para-hydroxylation sites is 1. The number of aromatic amines is 2. The number of fused-ring (bicyclic) bond motifs is 2. The first-order chi connectivity index (χ1) is 20.0. The number of aromatic hydroxyl groups is 1. The number of ether oxygens (including phenoxy) is 2. The van der Waals surface area contributed by atoms with Gasteiger partial charge >= 0.3 is 11.9 Å². The van der Waals surface area contributed by atoms with Gasteiger partial charge in [-0.25, -0.2) is 9.59 Å². The lowest BCUT2D eigenvalue weighted by Crippen LogP contribution is -2.06. The summed E-state index contributed by atoms with van der Waals surface area (Å²) in [5, 5.41) is 11.5. The third kappa shape index (κ3) is 5.67. The summed E-state index contributed by atoms with van der Waals surface area (Å²) in [6, 6.07) is 26.2. The normalized spacial score (nSPS) is 10.7. The van der Waals surface area contributed by atoms with Crippen LogP contribution in [-0.2, 0) is 9.47 Å². The minimum atomic E-state index is -0.396. The number of hydrogen-bond acceptors (Lipinski definition) is 6. The average Bonchev–Trinajstić information content (AvgIpc) is 3.58. The molecule has 3 aromatic carbocycles. The summed E-state index contributed by atoms with van der Waals surface area (Å²) in [5.74, 6) is -0.580. The summed E-state index contributed by atoms with van der Waals surface area (Å²) >= 11 is 0. The Morgan fingerprint density at radius 1 is 0.707 bits per heavy atom. The van der Waals surface area contributed by atoms with E-state index in [9.17, 15) is 14.7 Å². The van der Waals surface area contributed by atoms with Gasteiger partial charge in [0, 0.05) is 50.9 Å². The number of hydrogen-bond donors (Lipinski definition) is 3. The second kappa shape index (κ2) is 12.2. The van der Waals surface area contributed by atoms with Crippen molar-refractivity contribution in [3.63, 3.8) is 0 Å². The number of carbonyl (C=O) groups excluding carboxylic acids is 2. The number of aromatic nitrogens is 3. The highest BCUT2D eigenvalue weighted by Crippen LogP contribution is 2.35. The van der Waals surface area contributed by atoms with Crippen molar-refractivity contribution in [2.75, 3.05) is 13.2 Å². The van der Waals surface area contributed by atoms with Crippen molar-refractivity contribution in [2.24, 2.45) is 0 Å². The summed E-state index contributed by atoms with van der Waals surface area (Å²) in [5.41, 5.74) is 5.96. The van der Waals surface area contributed by atoms with Crippen LogP contribution in [0.3, 0.4) is 0 Å². The van der Waals surface area contributed by atoms with Gasteiger partial charge in [-0.1, -0.05) is 54.6 Å². The molecule has 0 spiro atoms. The molecule has 8 nitrogen and oxygen atoms in total. The third-order valence-electron chi connectivity index (χ3n) is 6.46. The van der Waals surface area contributed by atoms with Crippen molar-refractivity contribution in [2.45, 2.75) is 13.8 Å². The molecule has 0 aliphatic carbocycles. The average molecular weight is 548 g/mol. The predicted octanol–water partition coefficient (Wildman–Crippen LogP) is 7.12. The second-order valence-electron chi connectivity index (χ2n) is 9.07. The van der Waals surface area contributed by atoms with Crippen LogP contribution in [0.2, 0.25) is 0 Å². The molecule has 0 bridgehead atoms.